The number of aliphatic hydroxyl groups excluding tert-OH is 1. The number of nitrogens with zero attached hydrogens (tertiary/aromatic N) is 1. The Bertz CT molecular complexity index is 675. The highest BCUT2D eigenvalue weighted by molar-refractivity contribution is 5.82. The van der Waals surface area contributed by atoms with Crippen LogP contribution in [0.15, 0.2) is 60.7 Å². The van der Waals surface area contributed by atoms with Gasteiger partial charge in [-0.3, -0.25) is 4.79 Å². The van der Waals surface area contributed by atoms with Gasteiger partial charge >= 0.3 is 0 Å². The van der Waals surface area contributed by atoms with Gasteiger partial charge in [0.1, 0.15) is 0 Å². The van der Waals surface area contributed by atoms with Crippen LogP contribution in [0.2, 0.25) is 0 Å². The molecule has 4 nitrogen and oxygen atoms in total. The third kappa shape index (κ3) is 6.19. The highest BCUT2D eigenvalue weighted by atomic mass is 16.3. The van der Waals surface area contributed by atoms with Gasteiger partial charge in [-0.1, -0.05) is 80.4 Å². The van der Waals surface area contributed by atoms with Crippen LogP contribution in [-0.2, 0) is 11.3 Å². The van der Waals surface area contributed by atoms with E-state index in [1.807, 2.05) is 55.5 Å². The molecule has 0 saturated carbocycles. The lowest BCUT2D eigenvalue weighted by molar-refractivity contribution is -0.136. The molecule has 146 valence electrons. The average molecular weight is 369 g/mol. The lowest BCUT2D eigenvalue weighted by Crippen LogP contribution is -2.49. The number of amides is 1. The number of aliphatic hydroxyl groups is 1. The number of hydrogen-bond acceptors (Lipinski definition) is 3. The fraction of sp³-hybridized carbons (Fsp3) is 0.435. The molecule has 0 fully saturated rings. The van der Waals surface area contributed by atoms with Crippen LogP contribution in [0.1, 0.15) is 50.3 Å². The number of hydrogen-bond donors (Lipinski definition) is 2. The summed E-state index contributed by atoms with van der Waals surface area (Å²) in [7, 11) is 1.78. The molecule has 0 aromatic heterocycles. The molecule has 0 saturated heterocycles. The molecule has 0 spiro atoms. The zero-order valence-corrected chi connectivity index (χ0v) is 16.6. The van der Waals surface area contributed by atoms with Crippen molar-refractivity contribution in [2.24, 2.45) is 0 Å². The molecule has 27 heavy (non-hydrogen) atoms. The first-order valence-electron chi connectivity index (χ1n) is 9.81. The number of unbranched alkanes of at least 4 members (excludes halogenated alkanes) is 1. The summed E-state index contributed by atoms with van der Waals surface area (Å²) in [4.78, 5) is 14.8. The lowest BCUT2D eigenvalue weighted by Gasteiger charge is -2.32. The quantitative estimate of drug-likeness (QED) is 0.668. The summed E-state index contributed by atoms with van der Waals surface area (Å²) < 4.78 is 0. The average Bonchev–Trinajstić information content (AvgIpc) is 2.73. The monoisotopic (exact) mass is 368 g/mol. The Morgan fingerprint density at radius 1 is 1.07 bits per heavy atom. The second-order valence-electron chi connectivity index (χ2n) is 7.11. The Hall–Kier alpha value is -2.17. The van der Waals surface area contributed by atoms with Gasteiger partial charge in [-0.2, -0.15) is 0 Å². The van der Waals surface area contributed by atoms with Gasteiger partial charge < -0.3 is 15.3 Å². The number of carbonyl (C=O) groups is 1. The number of nitrogens with one attached hydrogen (secondary N) is 1. The molecule has 2 N–H and O–H groups in total. The number of carbonyl (C=O) groups excluding carboxylic acids is 1. The largest absolute Gasteiger partial charge is 0.386 e. The van der Waals surface area contributed by atoms with Gasteiger partial charge in [-0.05, 0) is 24.5 Å². The van der Waals surface area contributed by atoms with Gasteiger partial charge in [0.25, 0.3) is 0 Å². The van der Waals surface area contributed by atoms with Gasteiger partial charge in [0.05, 0.1) is 18.2 Å². The van der Waals surface area contributed by atoms with E-state index in [0.29, 0.717) is 6.54 Å². The van der Waals surface area contributed by atoms with E-state index in [-0.39, 0.29) is 18.0 Å². The molecule has 0 bridgehead atoms. The Morgan fingerprint density at radius 3 is 2.26 bits per heavy atom. The van der Waals surface area contributed by atoms with E-state index in [9.17, 15) is 9.90 Å². The van der Waals surface area contributed by atoms with E-state index in [1.54, 1.807) is 11.9 Å². The zero-order chi connectivity index (χ0) is 19.6. The van der Waals surface area contributed by atoms with E-state index < -0.39 is 6.10 Å². The van der Waals surface area contributed by atoms with Crippen molar-refractivity contribution in [3.05, 3.63) is 71.8 Å². The van der Waals surface area contributed by atoms with Crippen molar-refractivity contribution in [2.75, 3.05) is 7.05 Å². The molecular formula is C23H32N2O2. The molecule has 1 amide bonds. The Balaban J connectivity index is 2.03. The van der Waals surface area contributed by atoms with Crippen molar-refractivity contribution in [1.82, 2.24) is 10.2 Å². The van der Waals surface area contributed by atoms with Crippen molar-refractivity contribution in [3.8, 4) is 0 Å². The molecule has 0 aliphatic carbocycles. The first-order chi connectivity index (χ1) is 13.0. The lowest BCUT2D eigenvalue weighted by atomic mass is 10.0. The highest BCUT2D eigenvalue weighted by Crippen LogP contribution is 2.21. The molecule has 3 atom stereocenters. The maximum atomic E-state index is 13.1. The zero-order valence-electron chi connectivity index (χ0n) is 16.6. The topological polar surface area (TPSA) is 52.6 Å². The second-order valence-corrected chi connectivity index (χ2v) is 7.11. The summed E-state index contributed by atoms with van der Waals surface area (Å²) in [5.74, 6) is 0.0295. The maximum absolute atomic E-state index is 13.1. The van der Waals surface area contributed by atoms with Crippen LogP contribution in [0.25, 0.3) is 0 Å². The summed E-state index contributed by atoms with van der Waals surface area (Å²) in [5.41, 5.74) is 1.99. The fourth-order valence-corrected chi connectivity index (χ4v) is 3.15. The van der Waals surface area contributed by atoms with E-state index in [1.165, 1.54) is 0 Å². The van der Waals surface area contributed by atoms with Gasteiger partial charge in [0, 0.05) is 13.6 Å². The van der Waals surface area contributed by atoms with Crippen molar-refractivity contribution >= 4 is 5.91 Å². The van der Waals surface area contributed by atoms with Gasteiger partial charge in [-0.25, -0.2) is 0 Å². The Labute approximate surface area is 163 Å². The minimum Gasteiger partial charge on any atom is -0.386 e. The molecule has 0 heterocycles. The number of rotatable bonds is 10. The molecule has 0 aliphatic rings. The predicted octanol–water partition coefficient (Wildman–Crippen LogP) is 3.92. The van der Waals surface area contributed by atoms with Crippen LogP contribution >= 0.6 is 0 Å². The minimum absolute atomic E-state index is 0.0295. The van der Waals surface area contributed by atoms with Crippen LogP contribution in [0.5, 0.6) is 0 Å². The predicted molar refractivity (Wildman–Crippen MR) is 110 cm³/mol. The van der Waals surface area contributed by atoms with Crippen molar-refractivity contribution in [3.63, 3.8) is 0 Å². The third-order valence-electron chi connectivity index (χ3n) is 5.10. The van der Waals surface area contributed by atoms with E-state index in [0.717, 1.165) is 30.4 Å². The maximum Gasteiger partial charge on any atom is 0.239 e. The van der Waals surface area contributed by atoms with Crippen LogP contribution in [0, 0.1) is 0 Å². The van der Waals surface area contributed by atoms with Crippen molar-refractivity contribution in [1.29, 1.82) is 0 Å². The summed E-state index contributed by atoms with van der Waals surface area (Å²) in [6, 6.07) is 19.1. The van der Waals surface area contributed by atoms with Gasteiger partial charge in [0.15, 0.2) is 0 Å². The summed E-state index contributed by atoms with van der Waals surface area (Å²) in [6.45, 7) is 4.68. The number of benzene rings is 2. The molecule has 0 radical (unpaired) electrons. The number of likely N-dealkylation sites (N-methyl/N-ethyl adjacent to an activating group) is 1. The Kier molecular flexibility index (Phi) is 8.49. The van der Waals surface area contributed by atoms with Crippen LogP contribution in [-0.4, -0.2) is 35.0 Å². The van der Waals surface area contributed by atoms with Crippen LogP contribution < -0.4 is 5.32 Å². The SMILES string of the molecule is CCCC[C@H](NCc1ccccc1)C(=O)N(C)[C@@H](C)[C@@H](O)c1ccccc1. The van der Waals surface area contributed by atoms with Gasteiger partial charge in [-0.15, -0.1) is 0 Å². The first-order valence-corrected chi connectivity index (χ1v) is 9.81. The second kappa shape index (κ2) is 10.9. The van der Waals surface area contributed by atoms with Crippen LogP contribution in [0.4, 0.5) is 0 Å². The highest BCUT2D eigenvalue weighted by Gasteiger charge is 2.28. The van der Waals surface area contributed by atoms with Gasteiger partial charge in [0.2, 0.25) is 5.91 Å². The smallest absolute Gasteiger partial charge is 0.239 e. The van der Waals surface area contributed by atoms with E-state index in [4.69, 9.17) is 0 Å². The summed E-state index contributed by atoms with van der Waals surface area (Å²) in [6.07, 6.45) is 2.12. The molecule has 2 aromatic carbocycles. The van der Waals surface area contributed by atoms with E-state index in [2.05, 4.69) is 24.4 Å². The van der Waals surface area contributed by atoms with E-state index >= 15 is 0 Å². The molecule has 0 aliphatic heterocycles. The fourth-order valence-electron chi connectivity index (χ4n) is 3.15. The molecule has 2 aromatic rings. The standard InChI is InChI=1S/C23H32N2O2/c1-4-5-16-21(24-17-19-12-8-6-9-13-19)23(27)25(3)18(2)22(26)20-14-10-7-11-15-20/h6-15,18,21-22,24,26H,4-5,16-17H2,1-3H3/t18-,21-,22+/m0/s1. The minimum atomic E-state index is -0.707. The first kappa shape index (κ1) is 21.1. The summed E-state index contributed by atoms with van der Waals surface area (Å²) in [5, 5.41) is 14.1. The molecule has 4 heteroatoms. The third-order valence-corrected chi connectivity index (χ3v) is 5.10. The van der Waals surface area contributed by atoms with Crippen molar-refractivity contribution < 1.29 is 9.90 Å². The molecular weight excluding hydrogens is 336 g/mol. The van der Waals surface area contributed by atoms with Crippen molar-refractivity contribution in [2.45, 2.75) is 57.8 Å². The molecule has 0 unspecified atom stereocenters. The van der Waals surface area contributed by atoms with Crippen LogP contribution in [0.3, 0.4) is 0 Å². The molecule has 2 rings (SSSR count). The Morgan fingerprint density at radius 2 is 1.67 bits per heavy atom. The normalized spacial score (nSPS) is 14.4. The summed E-state index contributed by atoms with van der Waals surface area (Å²) >= 11 is 0.